The SMILES string of the molecule is CC(C)C(=O)[C@@H](N)CCCCCC(=O)c1ccc(-c2c3ccc(=[N+](C)C)cc-3oc3cc(N(C)C)ccc23)c(C(=O)O)c1. The third-order valence-corrected chi connectivity index (χ3v) is 7.92. The third kappa shape index (κ3) is 7.03. The summed E-state index contributed by atoms with van der Waals surface area (Å²) < 4.78 is 8.36. The van der Waals surface area contributed by atoms with Gasteiger partial charge in [-0.25, -0.2) is 9.37 Å². The van der Waals surface area contributed by atoms with Crippen LogP contribution in [0.1, 0.15) is 66.7 Å². The van der Waals surface area contributed by atoms with Gasteiger partial charge >= 0.3 is 5.97 Å². The minimum atomic E-state index is -1.11. The molecule has 2 aliphatic rings. The second-order valence-corrected chi connectivity index (χ2v) is 11.9. The van der Waals surface area contributed by atoms with Gasteiger partial charge in [0.1, 0.15) is 25.4 Å². The Hall–Kier alpha value is -4.30. The number of nitrogens with zero attached hydrogens (tertiary/aromatic N) is 2. The van der Waals surface area contributed by atoms with Crippen molar-refractivity contribution in [2.24, 2.45) is 11.7 Å². The molecule has 0 unspecified atom stereocenters. The Kier molecular flexibility index (Phi) is 9.81. The number of fused-ring (bicyclic) bond motifs is 2. The molecule has 0 spiro atoms. The van der Waals surface area contributed by atoms with Gasteiger partial charge in [0.05, 0.1) is 17.7 Å². The van der Waals surface area contributed by atoms with E-state index in [-0.39, 0.29) is 23.0 Å². The van der Waals surface area contributed by atoms with E-state index in [1.165, 1.54) is 6.07 Å². The quantitative estimate of drug-likeness (QED) is 0.0951. The highest BCUT2D eigenvalue weighted by atomic mass is 16.4. The van der Waals surface area contributed by atoms with E-state index in [1.54, 1.807) is 12.1 Å². The molecule has 1 aliphatic carbocycles. The first-order valence-electron chi connectivity index (χ1n) is 14.8. The summed E-state index contributed by atoms with van der Waals surface area (Å²) in [6.07, 6.45) is 3.06. The first-order valence-corrected chi connectivity index (χ1v) is 14.8. The fraction of sp³-hybridized carbons (Fsp3) is 0.371. The van der Waals surface area contributed by atoms with Crippen molar-refractivity contribution in [2.45, 2.75) is 52.0 Å². The lowest BCUT2D eigenvalue weighted by Gasteiger charge is -2.19. The van der Waals surface area contributed by atoms with Crippen LogP contribution in [0.5, 0.6) is 0 Å². The molecule has 3 N–H and O–H groups in total. The molecule has 0 radical (unpaired) electrons. The van der Waals surface area contributed by atoms with Crippen molar-refractivity contribution in [1.82, 2.24) is 4.58 Å². The minimum Gasteiger partial charge on any atom is -0.478 e. The molecule has 1 heterocycles. The number of carbonyl (C=O) groups is 3. The zero-order chi connectivity index (χ0) is 31.4. The molecular formula is C35H42N3O5+. The van der Waals surface area contributed by atoms with E-state index in [1.807, 2.05) is 87.9 Å². The molecule has 2 aromatic carbocycles. The lowest BCUT2D eigenvalue weighted by Crippen LogP contribution is -2.33. The highest BCUT2D eigenvalue weighted by Crippen LogP contribution is 2.42. The number of unbranched alkanes of at least 4 members (excludes halogenated alkanes) is 2. The Morgan fingerprint density at radius 3 is 2.30 bits per heavy atom. The Balaban J connectivity index is 1.69. The number of ketones is 2. The molecular weight excluding hydrogens is 542 g/mol. The van der Waals surface area contributed by atoms with E-state index < -0.39 is 12.0 Å². The Bertz CT molecular complexity index is 1710. The first-order chi connectivity index (χ1) is 20.4. The van der Waals surface area contributed by atoms with Crippen LogP contribution in [0, 0.1) is 5.92 Å². The monoisotopic (exact) mass is 584 g/mol. The van der Waals surface area contributed by atoms with Crippen molar-refractivity contribution in [3.8, 4) is 22.5 Å². The highest BCUT2D eigenvalue weighted by Gasteiger charge is 2.24. The maximum atomic E-state index is 13.1. The number of carboxylic acids is 1. The predicted octanol–water partition coefficient (Wildman–Crippen LogP) is 5.69. The number of benzene rings is 3. The average molecular weight is 585 g/mol. The Morgan fingerprint density at radius 1 is 0.930 bits per heavy atom. The molecule has 8 heteroatoms. The largest absolute Gasteiger partial charge is 0.478 e. The summed E-state index contributed by atoms with van der Waals surface area (Å²) in [5.41, 5.74) is 10.1. The number of aromatic carboxylic acids is 1. The van der Waals surface area contributed by atoms with Gasteiger partial charge in [-0.15, -0.1) is 0 Å². The fourth-order valence-corrected chi connectivity index (χ4v) is 5.37. The average Bonchev–Trinajstić information content (AvgIpc) is 2.97. The maximum Gasteiger partial charge on any atom is 0.336 e. The lowest BCUT2D eigenvalue weighted by atomic mass is 9.89. The second-order valence-electron chi connectivity index (χ2n) is 11.9. The van der Waals surface area contributed by atoms with E-state index in [4.69, 9.17) is 10.2 Å². The van der Waals surface area contributed by atoms with Crippen LogP contribution < -0.4 is 20.6 Å². The smallest absolute Gasteiger partial charge is 0.336 e. The summed E-state index contributed by atoms with van der Waals surface area (Å²) in [5, 5.41) is 12.0. The van der Waals surface area contributed by atoms with Gasteiger partial charge < -0.3 is 20.2 Å². The molecule has 0 fully saturated rings. The van der Waals surface area contributed by atoms with Gasteiger partial charge in [0.2, 0.25) is 5.36 Å². The van der Waals surface area contributed by atoms with Gasteiger partial charge in [-0.2, -0.15) is 0 Å². The number of hydrogen-bond acceptors (Lipinski definition) is 6. The van der Waals surface area contributed by atoms with Gasteiger partial charge in [-0.3, -0.25) is 9.59 Å². The number of rotatable bonds is 12. The molecule has 2 aromatic rings. The molecule has 0 saturated heterocycles. The van der Waals surface area contributed by atoms with E-state index in [9.17, 15) is 19.5 Å². The summed E-state index contributed by atoms with van der Waals surface area (Å²) in [7, 11) is 7.81. The van der Waals surface area contributed by atoms with Crippen molar-refractivity contribution < 1.29 is 23.9 Å². The van der Waals surface area contributed by atoms with Crippen molar-refractivity contribution >= 4 is 34.2 Å². The number of carbonyl (C=O) groups excluding carboxylic acids is 2. The van der Waals surface area contributed by atoms with Gasteiger partial charge in [0, 0.05) is 66.3 Å². The molecule has 0 amide bonds. The van der Waals surface area contributed by atoms with Gasteiger partial charge in [-0.1, -0.05) is 38.8 Å². The van der Waals surface area contributed by atoms with Gasteiger partial charge in [-0.05, 0) is 42.7 Å². The summed E-state index contributed by atoms with van der Waals surface area (Å²) in [4.78, 5) is 39.7. The summed E-state index contributed by atoms with van der Waals surface area (Å²) in [6, 6.07) is 16.2. The Morgan fingerprint density at radius 2 is 1.65 bits per heavy atom. The van der Waals surface area contributed by atoms with Crippen LogP contribution in [-0.4, -0.2) is 56.9 Å². The molecule has 0 bridgehead atoms. The predicted molar refractivity (Wildman–Crippen MR) is 172 cm³/mol. The van der Waals surface area contributed by atoms with Crippen LogP contribution in [0.15, 0.2) is 59.0 Å². The highest BCUT2D eigenvalue weighted by molar-refractivity contribution is 6.09. The van der Waals surface area contributed by atoms with Crippen LogP contribution >= 0.6 is 0 Å². The van der Waals surface area contributed by atoms with Gasteiger partial charge in [0.15, 0.2) is 11.6 Å². The maximum absolute atomic E-state index is 13.1. The van der Waals surface area contributed by atoms with Crippen LogP contribution in [0.4, 0.5) is 5.69 Å². The van der Waals surface area contributed by atoms with Crippen LogP contribution in [0.25, 0.3) is 33.4 Å². The molecule has 8 nitrogen and oxygen atoms in total. The summed E-state index contributed by atoms with van der Waals surface area (Å²) in [5.74, 6) is -0.613. The van der Waals surface area contributed by atoms with Crippen molar-refractivity contribution in [3.05, 3.63) is 71.1 Å². The molecule has 0 aromatic heterocycles. The van der Waals surface area contributed by atoms with E-state index in [0.29, 0.717) is 41.7 Å². The fourth-order valence-electron chi connectivity index (χ4n) is 5.37. The number of Topliss-reactive ketones (excluding diaryl/α,β-unsaturated/α-hetero) is 2. The van der Waals surface area contributed by atoms with Gasteiger partial charge in [0.25, 0.3) is 0 Å². The Labute approximate surface area is 252 Å². The van der Waals surface area contributed by atoms with E-state index in [2.05, 4.69) is 0 Å². The van der Waals surface area contributed by atoms with Crippen molar-refractivity contribution in [3.63, 3.8) is 0 Å². The zero-order valence-corrected chi connectivity index (χ0v) is 25.9. The summed E-state index contributed by atoms with van der Waals surface area (Å²) >= 11 is 0. The zero-order valence-electron chi connectivity index (χ0n) is 25.9. The number of hydrogen-bond donors (Lipinski definition) is 2. The molecule has 0 saturated carbocycles. The number of nitrogens with two attached hydrogens (primary N) is 1. The van der Waals surface area contributed by atoms with Crippen molar-refractivity contribution in [2.75, 3.05) is 33.1 Å². The molecule has 1 atom stereocenters. The topological polar surface area (TPSA) is 117 Å². The second kappa shape index (κ2) is 13.3. The van der Waals surface area contributed by atoms with Crippen LogP contribution in [-0.2, 0) is 4.79 Å². The first kappa shape index (κ1) is 31.6. The van der Waals surface area contributed by atoms with Crippen LogP contribution in [0.2, 0.25) is 0 Å². The standard InChI is InChI=1S/C35H41N3O5/c1-21(2)34(40)29(36)10-8-7-9-11-30(39)22-12-15-25(28(18-22)35(41)42)33-26-16-13-23(37(3)4)19-31(26)43-32-20-24(38(5)6)14-17-27(32)33/h12-21,29H,7-11,36H2,1-6H3/p+1/t29-/m0/s1. The molecule has 4 rings (SSSR count). The summed E-state index contributed by atoms with van der Waals surface area (Å²) in [6.45, 7) is 3.69. The lowest BCUT2D eigenvalue weighted by molar-refractivity contribution is -0.123. The van der Waals surface area contributed by atoms with E-state index >= 15 is 0 Å². The minimum absolute atomic E-state index is 0.0568. The molecule has 43 heavy (non-hydrogen) atoms. The molecule has 1 aliphatic heterocycles. The van der Waals surface area contributed by atoms with Crippen molar-refractivity contribution in [1.29, 1.82) is 0 Å². The molecule has 226 valence electrons. The number of anilines is 1. The normalized spacial score (nSPS) is 12.1. The number of carboxylic acid groups (broad SMARTS) is 1. The third-order valence-electron chi connectivity index (χ3n) is 7.92. The van der Waals surface area contributed by atoms with Crippen LogP contribution in [0.3, 0.4) is 0 Å². The van der Waals surface area contributed by atoms with E-state index in [0.717, 1.165) is 40.4 Å².